The van der Waals surface area contributed by atoms with Gasteiger partial charge in [0.2, 0.25) is 0 Å². The molecule has 1 aliphatic rings. The summed E-state index contributed by atoms with van der Waals surface area (Å²) in [5, 5.41) is 3.26. The summed E-state index contributed by atoms with van der Waals surface area (Å²) in [5.41, 5.74) is 2.98. The molecule has 0 aliphatic carbocycles. The summed E-state index contributed by atoms with van der Waals surface area (Å²) in [6.07, 6.45) is 3.99. The van der Waals surface area contributed by atoms with Crippen LogP contribution in [0.1, 0.15) is 22.3 Å². The smallest absolute Gasteiger partial charge is 0.150 e. The van der Waals surface area contributed by atoms with Gasteiger partial charge in [0.15, 0.2) is 0 Å². The SMILES string of the molecule is COc1ccc(C=O)cc1C1=CCNCC1. The molecular weight excluding hydrogens is 202 g/mol. The number of hydrogen-bond donors (Lipinski definition) is 1. The van der Waals surface area contributed by atoms with Crippen LogP contribution in [0.15, 0.2) is 24.3 Å². The summed E-state index contributed by atoms with van der Waals surface area (Å²) in [7, 11) is 1.65. The largest absolute Gasteiger partial charge is 0.496 e. The molecule has 0 atom stereocenters. The second kappa shape index (κ2) is 4.94. The number of carbonyl (C=O) groups excluding carboxylic acids is 1. The molecule has 0 saturated carbocycles. The highest BCUT2D eigenvalue weighted by molar-refractivity contribution is 5.80. The van der Waals surface area contributed by atoms with Crippen LogP contribution < -0.4 is 10.1 Å². The average molecular weight is 217 g/mol. The molecule has 0 amide bonds. The molecule has 0 radical (unpaired) electrons. The van der Waals surface area contributed by atoms with E-state index in [4.69, 9.17) is 4.74 Å². The van der Waals surface area contributed by atoms with E-state index < -0.39 is 0 Å². The lowest BCUT2D eigenvalue weighted by Gasteiger charge is -2.17. The molecule has 0 spiro atoms. The zero-order chi connectivity index (χ0) is 11.4. The Labute approximate surface area is 95.1 Å². The number of carbonyl (C=O) groups is 1. The van der Waals surface area contributed by atoms with Crippen molar-refractivity contribution in [3.8, 4) is 5.75 Å². The normalized spacial score (nSPS) is 15.4. The summed E-state index contributed by atoms with van der Waals surface area (Å²) in [4.78, 5) is 10.8. The minimum atomic E-state index is 0.690. The number of benzene rings is 1. The molecule has 0 unspecified atom stereocenters. The molecular formula is C13H15NO2. The first-order valence-electron chi connectivity index (χ1n) is 5.38. The van der Waals surface area contributed by atoms with Gasteiger partial charge in [-0.2, -0.15) is 0 Å². The lowest BCUT2D eigenvalue weighted by molar-refractivity contribution is 0.112. The first kappa shape index (κ1) is 10.9. The minimum Gasteiger partial charge on any atom is -0.496 e. The predicted octanol–water partition coefficient (Wildman–Crippen LogP) is 1.88. The fraction of sp³-hybridized carbons (Fsp3) is 0.308. The number of nitrogens with one attached hydrogen (secondary N) is 1. The minimum absolute atomic E-state index is 0.690. The molecule has 2 rings (SSSR count). The number of rotatable bonds is 3. The van der Waals surface area contributed by atoms with Gasteiger partial charge < -0.3 is 10.1 Å². The molecule has 16 heavy (non-hydrogen) atoms. The fourth-order valence-corrected chi connectivity index (χ4v) is 1.92. The van der Waals surface area contributed by atoms with Gasteiger partial charge >= 0.3 is 0 Å². The third-order valence-corrected chi connectivity index (χ3v) is 2.77. The molecule has 1 heterocycles. The van der Waals surface area contributed by atoms with Gasteiger partial charge in [0, 0.05) is 17.7 Å². The summed E-state index contributed by atoms with van der Waals surface area (Å²) in [5.74, 6) is 0.832. The summed E-state index contributed by atoms with van der Waals surface area (Å²) >= 11 is 0. The zero-order valence-electron chi connectivity index (χ0n) is 9.32. The van der Waals surface area contributed by atoms with Crippen LogP contribution in [0, 0.1) is 0 Å². The van der Waals surface area contributed by atoms with E-state index in [0.717, 1.165) is 37.1 Å². The van der Waals surface area contributed by atoms with Crippen molar-refractivity contribution in [3.05, 3.63) is 35.4 Å². The molecule has 3 heteroatoms. The average Bonchev–Trinajstić information content (AvgIpc) is 2.39. The van der Waals surface area contributed by atoms with Gasteiger partial charge in [-0.25, -0.2) is 0 Å². The predicted molar refractivity (Wildman–Crippen MR) is 63.8 cm³/mol. The number of methoxy groups -OCH3 is 1. The van der Waals surface area contributed by atoms with Crippen molar-refractivity contribution in [1.82, 2.24) is 5.32 Å². The Hall–Kier alpha value is -1.61. The number of aldehydes is 1. The van der Waals surface area contributed by atoms with Crippen molar-refractivity contribution < 1.29 is 9.53 Å². The van der Waals surface area contributed by atoms with Gasteiger partial charge in [0.1, 0.15) is 12.0 Å². The van der Waals surface area contributed by atoms with Crippen LogP contribution in [0.3, 0.4) is 0 Å². The maximum Gasteiger partial charge on any atom is 0.150 e. The van der Waals surface area contributed by atoms with Gasteiger partial charge in [-0.15, -0.1) is 0 Å². The third-order valence-electron chi connectivity index (χ3n) is 2.77. The standard InChI is InChI=1S/C13H15NO2/c1-16-13-3-2-10(9-15)8-12(13)11-4-6-14-7-5-11/h2-4,8-9,14H,5-7H2,1H3. The molecule has 0 bridgehead atoms. The van der Waals surface area contributed by atoms with Crippen LogP contribution in [0.25, 0.3) is 5.57 Å². The van der Waals surface area contributed by atoms with Gasteiger partial charge in [0.25, 0.3) is 0 Å². The maximum atomic E-state index is 10.8. The monoisotopic (exact) mass is 217 g/mol. The van der Waals surface area contributed by atoms with Gasteiger partial charge in [-0.1, -0.05) is 6.08 Å². The maximum absolute atomic E-state index is 10.8. The summed E-state index contributed by atoms with van der Waals surface area (Å²) in [6.45, 7) is 1.85. The highest BCUT2D eigenvalue weighted by Crippen LogP contribution is 2.29. The Kier molecular flexibility index (Phi) is 3.37. The topological polar surface area (TPSA) is 38.3 Å². The quantitative estimate of drug-likeness (QED) is 0.786. The van der Waals surface area contributed by atoms with Crippen molar-refractivity contribution in [2.75, 3.05) is 20.2 Å². The molecule has 1 aromatic rings. The second-order valence-corrected chi connectivity index (χ2v) is 3.76. The molecule has 1 aliphatic heterocycles. The first-order valence-corrected chi connectivity index (χ1v) is 5.38. The van der Waals surface area contributed by atoms with E-state index in [1.807, 2.05) is 12.1 Å². The Morgan fingerprint density at radius 2 is 2.31 bits per heavy atom. The summed E-state index contributed by atoms with van der Waals surface area (Å²) in [6, 6.07) is 5.52. The van der Waals surface area contributed by atoms with Crippen LogP contribution in [-0.4, -0.2) is 26.5 Å². The highest BCUT2D eigenvalue weighted by Gasteiger charge is 2.11. The Balaban J connectivity index is 2.43. The van der Waals surface area contributed by atoms with Crippen LogP contribution in [0.4, 0.5) is 0 Å². The molecule has 1 aromatic carbocycles. The third kappa shape index (κ3) is 2.14. The van der Waals surface area contributed by atoms with Crippen molar-refractivity contribution in [2.45, 2.75) is 6.42 Å². The number of hydrogen-bond acceptors (Lipinski definition) is 3. The van der Waals surface area contributed by atoms with E-state index in [2.05, 4.69) is 11.4 Å². The van der Waals surface area contributed by atoms with Crippen molar-refractivity contribution in [3.63, 3.8) is 0 Å². The Morgan fingerprint density at radius 1 is 1.44 bits per heavy atom. The Morgan fingerprint density at radius 3 is 2.94 bits per heavy atom. The highest BCUT2D eigenvalue weighted by atomic mass is 16.5. The van der Waals surface area contributed by atoms with E-state index in [9.17, 15) is 4.79 Å². The summed E-state index contributed by atoms with van der Waals surface area (Å²) < 4.78 is 5.32. The van der Waals surface area contributed by atoms with E-state index in [1.54, 1.807) is 13.2 Å². The zero-order valence-corrected chi connectivity index (χ0v) is 9.32. The van der Waals surface area contributed by atoms with Crippen molar-refractivity contribution in [2.24, 2.45) is 0 Å². The van der Waals surface area contributed by atoms with Gasteiger partial charge in [-0.3, -0.25) is 4.79 Å². The van der Waals surface area contributed by atoms with Gasteiger partial charge in [-0.05, 0) is 36.7 Å². The van der Waals surface area contributed by atoms with E-state index in [-0.39, 0.29) is 0 Å². The van der Waals surface area contributed by atoms with Crippen molar-refractivity contribution in [1.29, 1.82) is 0 Å². The fourth-order valence-electron chi connectivity index (χ4n) is 1.92. The van der Waals surface area contributed by atoms with Crippen molar-refractivity contribution >= 4 is 11.9 Å². The van der Waals surface area contributed by atoms with E-state index in [0.29, 0.717) is 5.56 Å². The lowest BCUT2D eigenvalue weighted by atomic mass is 9.97. The first-order chi connectivity index (χ1) is 7.85. The van der Waals surface area contributed by atoms with Crippen LogP contribution >= 0.6 is 0 Å². The number of ether oxygens (including phenoxy) is 1. The Bertz CT molecular complexity index is 424. The van der Waals surface area contributed by atoms with E-state index >= 15 is 0 Å². The van der Waals surface area contributed by atoms with E-state index in [1.165, 1.54) is 5.57 Å². The van der Waals surface area contributed by atoms with Crippen LogP contribution in [-0.2, 0) is 0 Å². The molecule has 0 aromatic heterocycles. The molecule has 1 N–H and O–H groups in total. The van der Waals surface area contributed by atoms with Gasteiger partial charge in [0.05, 0.1) is 7.11 Å². The van der Waals surface area contributed by atoms with Crippen LogP contribution in [0.5, 0.6) is 5.75 Å². The van der Waals surface area contributed by atoms with Crippen LogP contribution in [0.2, 0.25) is 0 Å². The molecule has 0 saturated heterocycles. The molecule has 3 nitrogen and oxygen atoms in total. The molecule has 0 fully saturated rings. The molecule has 84 valence electrons. The second-order valence-electron chi connectivity index (χ2n) is 3.76. The lowest BCUT2D eigenvalue weighted by Crippen LogP contribution is -2.20.